The van der Waals surface area contributed by atoms with E-state index in [4.69, 9.17) is 14.5 Å². The Kier molecular flexibility index (Phi) is 7.33. The van der Waals surface area contributed by atoms with Gasteiger partial charge in [-0.15, -0.1) is 0 Å². The molecule has 0 bridgehead atoms. The number of halogens is 1. The van der Waals surface area contributed by atoms with Crippen molar-refractivity contribution in [1.29, 1.82) is 0 Å². The van der Waals surface area contributed by atoms with Gasteiger partial charge in [0.15, 0.2) is 12.4 Å². The second-order valence-corrected chi connectivity index (χ2v) is 10.9. The van der Waals surface area contributed by atoms with Crippen molar-refractivity contribution < 1.29 is 28.7 Å². The highest BCUT2D eigenvalue weighted by atomic mass is 79.9. The number of fused-ring (bicyclic) bond motifs is 2. The highest BCUT2D eigenvalue weighted by Gasteiger charge is 2.36. The highest BCUT2D eigenvalue weighted by Crippen LogP contribution is 2.33. The molecule has 2 amide bonds. The number of benzene rings is 4. The summed E-state index contributed by atoms with van der Waals surface area (Å²) < 4.78 is 11.4. The number of imide groups is 1. The Morgan fingerprint density at radius 3 is 2.14 bits per heavy atom. The van der Waals surface area contributed by atoms with Crippen molar-refractivity contribution in [2.75, 3.05) is 18.6 Å². The first-order valence-electron chi connectivity index (χ1n) is 13.3. The average molecular weight is 635 g/mol. The molecule has 0 aliphatic carbocycles. The summed E-state index contributed by atoms with van der Waals surface area (Å²) in [6.45, 7) is 1.45. The fourth-order valence-electron chi connectivity index (χ4n) is 5.05. The Morgan fingerprint density at radius 1 is 0.860 bits per heavy atom. The molecule has 4 aromatic carbocycles. The maximum atomic E-state index is 13.4. The summed E-state index contributed by atoms with van der Waals surface area (Å²) in [5, 5.41) is 0.570. The van der Waals surface area contributed by atoms with E-state index in [0.717, 1.165) is 14.9 Å². The van der Waals surface area contributed by atoms with E-state index in [9.17, 15) is 19.2 Å². The van der Waals surface area contributed by atoms with E-state index in [2.05, 4.69) is 15.9 Å². The molecule has 1 aliphatic rings. The Hall–Kier alpha value is -5.15. The number of hydrogen-bond acceptors (Lipinski definition) is 7. The van der Waals surface area contributed by atoms with Gasteiger partial charge in [-0.3, -0.25) is 14.4 Å². The van der Waals surface area contributed by atoms with Crippen molar-refractivity contribution in [2.24, 2.45) is 0 Å². The number of ether oxygens (including phenoxy) is 2. The molecule has 0 fully saturated rings. The monoisotopic (exact) mass is 634 g/mol. The number of carbonyl (C=O) groups is 4. The van der Waals surface area contributed by atoms with E-state index < -0.39 is 12.6 Å². The number of aryl methyl sites for hydroxylation is 1. The second-order valence-electron chi connectivity index (χ2n) is 9.94. The smallest absolute Gasteiger partial charge is 0.339 e. The molecule has 0 radical (unpaired) electrons. The molecular formula is C34H23BrN2O6. The summed E-state index contributed by atoms with van der Waals surface area (Å²) in [6, 6.07) is 25.4. The zero-order chi connectivity index (χ0) is 30.2. The van der Waals surface area contributed by atoms with Crippen LogP contribution in [0.5, 0.6) is 5.75 Å². The molecule has 9 heteroatoms. The van der Waals surface area contributed by atoms with Crippen molar-refractivity contribution in [1.82, 2.24) is 4.98 Å². The number of methoxy groups -OCH3 is 1. The minimum absolute atomic E-state index is 0.247. The van der Waals surface area contributed by atoms with Gasteiger partial charge >= 0.3 is 5.97 Å². The maximum Gasteiger partial charge on any atom is 0.339 e. The molecule has 0 saturated heterocycles. The van der Waals surface area contributed by atoms with Crippen LogP contribution in [0.4, 0.5) is 5.69 Å². The van der Waals surface area contributed by atoms with Crippen LogP contribution in [0.3, 0.4) is 0 Å². The molecule has 6 rings (SSSR count). The molecule has 43 heavy (non-hydrogen) atoms. The normalized spacial score (nSPS) is 12.4. The minimum atomic E-state index is -0.671. The van der Waals surface area contributed by atoms with Crippen LogP contribution in [-0.4, -0.2) is 42.3 Å². The van der Waals surface area contributed by atoms with Crippen LogP contribution in [-0.2, 0) is 4.74 Å². The van der Waals surface area contributed by atoms with Gasteiger partial charge in [-0.2, -0.15) is 0 Å². The minimum Gasteiger partial charge on any atom is -0.497 e. The molecule has 0 atom stereocenters. The summed E-state index contributed by atoms with van der Waals surface area (Å²) in [4.78, 5) is 57.9. The SMILES string of the molecule is COc1ccc(C(=O)COC(=O)c2cc(-c3ccc(N4C(=O)c5ccccc5C4=O)cc3)nc3c(C)cc(Br)cc23)cc1. The summed E-state index contributed by atoms with van der Waals surface area (Å²) in [6.07, 6.45) is 0. The molecule has 5 aromatic rings. The van der Waals surface area contributed by atoms with Gasteiger partial charge in [-0.25, -0.2) is 14.7 Å². The number of esters is 1. The van der Waals surface area contributed by atoms with Crippen LogP contribution in [0.2, 0.25) is 0 Å². The van der Waals surface area contributed by atoms with Crippen LogP contribution in [0, 0.1) is 6.92 Å². The van der Waals surface area contributed by atoms with Crippen LogP contribution in [0.25, 0.3) is 22.2 Å². The summed E-state index contributed by atoms with van der Waals surface area (Å²) in [5.74, 6) is -1.17. The molecule has 1 aromatic heterocycles. The van der Waals surface area contributed by atoms with E-state index in [1.54, 1.807) is 84.9 Å². The second kappa shape index (κ2) is 11.3. The lowest BCUT2D eigenvalue weighted by atomic mass is 10.0. The van der Waals surface area contributed by atoms with Crippen LogP contribution >= 0.6 is 15.9 Å². The number of pyridine rings is 1. The van der Waals surface area contributed by atoms with Gasteiger partial charge in [0.2, 0.25) is 0 Å². The first-order valence-corrected chi connectivity index (χ1v) is 14.1. The molecule has 0 spiro atoms. The zero-order valence-electron chi connectivity index (χ0n) is 23.1. The van der Waals surface area contributed by atoms with Gasteiger partial charge in [0.1, 0.15) is 5.75 Å². The number of Topliss-reactive ketones (excluding diaryl/α,β-unsaturated/α-hetero) is 1. The number of anilines is 1. The zero-order valence-corrected chi connectivity index (χ0v) is 24.7. The van der Waals surface area contributed by atoms with E-state index in [1.807, 2.05) is 13.0 Å². The maximum absolute atomic E-state index is 13.4. The lowest BCUT2D eigenvalue weighted by Gasteiger charge is -2.15. The first kappa shape index (κ1) is 28.0. The van der Waals surface area contributed by atoms with Gasteiger partial charge in [-0.05, 0) is 79.2 Å². The van der Waals surface area contributed by atoms with Crippen LogP contribution in [0.15, 0.2) is 95.5 Å². The molecule has 0 unspecified atom stereocenters. The topological polar surface area (TPSA) is 103 Å². The van der Waals surface area contributed by atoms with Crippen LogP contribution in [0.1, 0.15) is 47.0 Å². The number of hydrogen-bond donors (Lipinski definition) is 0. The van der Waals surface area contributed by atoms with Crippen molar-refractivity contribution in [2.45, 2.75) is 6.92 Å². The quantitative estimate of drug-likeness (QED) is 0.110. The van der Waals surface area contributed by atoms with Crippen molar-refractivity contribution >= 4 is 56.1 Å². The molecule has 0 saturated carbocycles. The average Bonchev–Trinajstić information content (AvgIpc) is 3.28. The van der Waals surface area contributed by atoms with Gasteiger partial charge in [-0.1, -0.05) is 40.2 Å². The Balaban J connectivity index is 1.31. The standard InChI is InChI=1S/C34H23BrN2O6/c1-19-15-22(35)16-27-28(34(41)43-18-30(38)21-9-13-24(42-2)14-10-21)17-29(36-31(19)27)20-7-11-23(12-8-20)37-32(39)25-5-3-4-6-26(25)33(37)40/h3-17H,18H2,1-2H3. The molecule has 1 aliphatic heterocycles. The lowest BCUT2D eigenvalue weighted by molar-refractivity contribution is 0.0476. The highest BCUT2D eigenvalue weighted by molar-refractivity contribution is 9.10. The van der Waals surface area contributed by atoms with Crippen molar-refractivity contribution in [3.05, 3.63) is 123 Å². The summed E-state index contributed by atoms with van der Waals surface area (Å²) in [7, 11) is 1.54. The number of carbonyl (C=O) groups excluding carboxylic acids is 4. The number of nitrogens with zero attached hydrogens (tertiary/aromatic N) is 2. The fraction of sp³-hybridized carbons (Fsp3) is 0.0882. The number of aromatic nitrogens is 1. The third-order valence-corrected chi connectivity index (χ3v) is 7.71. The van der Waals surface area contributed by atoms with Gasteiger partial charge in [0, 0.05) is 21.0 Å². The first-order chi connectivity index (χ1) is 20.7. The molecule has 8 nitrogen and oxygen atoms in total. The van der Waals surface area contributed by atoms with Crippen molar-refractivity contribution in [3.8, 4) is 17.0 Å². The third-order valence-electron chi connectivity index (χ3n) is 7.25. The fourth-order valence-corrected chi connectivity index (χ4v) is 5.62. The largest absolute Gasteiger partial charge is 0.497 e. The Labute approximate surface area is 255 Å². The summed E-state index contributed by atoms with van der Waals surface area (Å²) >= 11 is 3.49. The van der Waals surface area contributed by atoms with E-state index in [1.165, 1.54) is 7.11 Å². The molecular weight excluding hydrogens is 612 g/mol. The Bertz CT molecular complexity index is 1920. The number of rotatable bonds is 7. The lowest BCUT2D eigenvalue weighted by Crippen LogP contribution is -2.29. The van der Waals surface area contributed by atoms with E-state index in [-0.39, 0.29) is 23.2 Å². The third kappa shape index (κ3) is 5.19. The van der Waals surface area contributed by atoms with E-state index in [0.29, 0.717) is 50.3 Å². The summed E-state index contributed by atoms with van der Waals surface area (Å²) in [5.41, 5.74) is 4.37. The number of amides is 2. The molecule has 212 valence electrons. The predicted molar refractivity (Wildman–Crippen MR) is 165 cm³/mol. The Morgan fingerprint density at radius 2 is 1.51 bits per heavy atom. The predicted octanol–water partition coefficient (Wildman–Crippen LogP) is 6.82. The molecule has 2 heterocycles. The van der Waals surface area contributed by atoms with Crippen molar-refractivity contribution in [3.63, 3.8) is 0 Å². The van der Waals surface area contributed by atoms with Gasteiger partial charge in [0.25, 0.3) is 11.8 Å². The van der Waals surface area contributed by atoms with Gasteiger partial charge in [0.05, 0.1) is 40.7 Å². The van der Waals surface area contributed by atoms with E-state index >= 15 is 0 Å². The van der Waals surface area contributed by atoms with Gasteiger partial charge < -0.3 is 9.47 Å². The number of ketones is 1. The van der Waals surface area contributed by atoms with Crippen LogP contribution < -0.4 is 9.64 Å². The molecule has 0 N–H and O–H groups in total.